The van der Waals surface area contributed by atoms with Crippen LogP contribution in [0.3, 0.4) is 0 Å². The van der Waals surface area contributed by atoms with Crippen molar-refractivity contribution in [1.29, 1.82) is 0 Å². The molecule has 18 heavy (non-hydrogen) atoms. The van der Waals surface area contributed by atoms with Crippen LogP contribution in [0.2, 0.25) is 0 Å². The molecule has 0 spiro atoms. The molecular formula is C14H18N2O2. The van der Waals surface area contributed by atoms with Crippen molar-refractivity contribution in [2.75, 3.05) is 13.1 Å². The zero-order valence-electron chi connectivity index (χ0n) is 10.3. The third-order valence-corrected chi connectivity index (χ3v) is 4.03. The molecular weight excluding hydrogens is 228 g/mol. The van der Waals surface area contributed by atoms with E-state index in [1.165, 1.54) is 5.56 Å². The number of benzene rings is 1. The van der Waals surface area contributed by atoms with E-state index >= 15 is 0 Å². The van der Waals surface area contributed by atoms with Gasteiger partial charge in [-0.05, 0) is 18.4 Å². The summed E-state index contributed by atoms with van der Waals surface area (Å²) in [6.07, 6.45) is 1.28. The number of hydrogen-bond donors (Lipinski definition) is 1. The fourth-order valence-corrected chi connectivity index (χ4v) is 3.27. The first-order chi connectivity index (χ1) is 8.74. The number of hydrogen-bond acceptors (Lipinski definition) is 2. The van der Waals surface area contributed by atoms with E-state index in [0.717, 1.165) is 32.5 Å². The fraction of sp³-hybridized carbons (Fsp3) is 0.500. The number of likely N-dealkylation sites (tertiary alicyclic amines) is 1. The lowest BCUT2D eigenvalue weighted by Crippen LogP contribution is -2.55. The van der Waals surface area contributed by atoms with Crippen LogP contribution in [-0.4, -0.2) is 46.2 Å². The van der Waals surface area contributed by atoms with Crippen molar-refractivity contribution in [2.45, 2.75) is 31.5 Å². The quantitative estimate of drug-likeness (QED) is 0.868. The Morgan fingerprint density at radius 1 is 1.17 bits per heavy atom. The lowest BCUT2D eigenvalue weighted by molar-refractivity contribution is 0.0592. The van der Waals surface area contributed by atoms with Gasteiger partial charge in [-0.3, -0.25) is 9.80 Å². The molecule has 0 aliphatic carbocycles. The second kappa shape index (κ2) is 4.61. The molecule has 4 heteroatoms. The van der Waals surface area contributed by atoms with Crippen molar-refractivity contribution in [3.05, 3.63) is 35.9 Å². The smallest absolute Gasteiger partial charge is 0.407 e. The average Bonchev–Trinajstić information content (AvgIpc) is 2.63. The summed E-state index contributed by atoms with van der Waals surface area (Å²) < 4.78 is 0. The SMILES string of the molecule is O=C(O)N1C2CCC1CN(Cc1ccccc1)C2. The molecule has 4 nitrogen and oxygen atoms in total. The lowest BCUT2D eigenvalue weighted by atomic mass is 10.1. The summed E-state index contributed by atoms with van der Waals surface area (Å²) in [6.45, 7) is 2.68. The molecule has 1 aromatic rings. The Kier molecular flexibility index (Phi) is 2.96. The van der Waals surface area contributed by atoms with E-state index in [2.05, 4.69) is 29.2 Å². The molecule has 2 atom stereocenters. The van der Waals surface area contributed by atoms with E-state index in [1.807, 2.05) is 6.07 Å². The third kappa shape index (κ3) is 2.08. The minimum absolute atomic E-state index is 0.199. The second-order valence-corrected chi connectivity index (χ2v) is 5.25. The van der Waals surface area contributed by atoms with Crippen LogP contribution < -0.4 is 0 Å². The van der Waals surface area contributed by atoms with Crippen LogP contribution in [0.1, 0.15) is 18.4 Å². The number of fused-ring (bicyclic) bond motifs is 2. The van der Waals surface area contributed by atoms with Crippen molar-refractivity contribution < 1.29 is 9.90 Å². The van der Waals surface area contributed by atoms with Gasteiger partial charge in [0.05, 0.1) is 0 Å². The van der Waals surface area contributed by atoms with Crippen LogP contribution in [0.25, 0.3) is 0 Å². The first-order valence-electron chi connectivity index (χ1n) is 6.51. The van der Waals surface area contributed by atoms with Gasteiger partial charge in [-0.2, -0.15) is 0 Å². The van der Waals surface area contributed by atoms with Gasteiger partial charge in [0.15, 0.2) is 0 Å². The van der Waals surface area contributed by atoms with Crippen LogP contribution in [0.15, 0.2) is 30.3 Å². The summed E-state index contributed by atoms with van der Waals surface area (Å²) in [7, 11) is 0. The predicted molar refractivity (Wildman–Crippen MR) is 68.4 cm³/mol. The van der Waals surface area contributed by atoms with Gasteiger partial charge in [-0.25, -0.2) is 4.79 Å². The fourth-order valence-electron chi connectivity index (χ4n) is 3.27. The van der Waals surface area contributed by atoms with Gasteiger partial charge >= 0.3 is 6.09 Å². The van der Waals surface area contributed by atoms with Crippen molar-refractivity contribution in [3.63, 3.8) is 0 Å². The lowest BCUT2D eigenvalue weighted by Gasteiger charge is -2.39. The first kappa shape index (κ1) is 11.5. The maximum absolute atomic E-state index is 11.2. The molecule has 2 unspecified atom stereocenters. The normalized spacial score (nSPS) is 27.4. The standard InChI is InChI=1S/C14H18N2O2/c17-14(18)16-12-6-7-13(16)10-15(9-12)8-11-4-2-1-3-5-11/h1-5,12-13H,6-10H2,(H,17,18). The maximum Gasteiger partial charge on any atom is 0.407 e. The largest absolute Gasteiger partial charge is 0.465 e. The monoisotopic (exact) mass is 246 g/mol. The van der Waals surface area contributed by atoms with E-state index in [-0.39, 0.29) is 12.1 Å². The van der Waals surface area contributed by atoms with E-state index < -0.39 is 6.09 Å². The number of amides is 1. The first-order valence-corrected chi connectivity index (χ1v) is 6.51. The Balaban J connectivity index is 1.67. The van der Waals surface area contributed by atoms with Crippen molar-refractivity contribution in [3.8, 4) is 0 Å². The molecule has 2 saturated heterocycles. The molecule has 2 aliphatic rings. The molecule has 2 fully saturated rings. The Morgan fingerprint density at radius 3 is 2.33 bits per heavy atom. The molecule has 2 heterocycles. The average molecular weight is 246 g/mol. The van der Waals surface area contributed by atoms with Crippen LogP contribution in [-0.2, 0) is 6.54 Å². The highest BCUT2D eigenvalue weighted by Gasteiger charge is 2.42. The van der Waals surface area contributed by atoms with E-state index in [9.17, 15) is 9.90 Å². The number of carboxylic acid groups (broad SMARTS) is 1. The topological polar surface area (TPSA) is 43.8 Å². The van der Waals surface area contributed by atoms with Crippen molar-refractivity contribution in [2.24, 2.45) is 0 Å². The summed E-state index contributed by atoms with van der Waals surface area (Å²) in [5.41, 5.74) is 1.31. The summed E-state index contributed by atoms with van der Waals surface area (Å²) in [6, 6.07) is 10.8. The van der Waals surface area contributed by atoms with E-state index in [0.29, 0.717) is 0 Å². The molecule has 0 radical (unpaired) electrons. The zero-order valence-corrected chi connectivity index (χ0v) is 10.3. The number of piperazine rings is 1. The zero-order chi connectivity index (χ0) is 12.5. The Bertz CT molecular complexity index is 421. The number of carbonyl (C=O) groups is 1. The molecule has 96 valence electrons. The van der Waals surface area contributed by atoms with Crippen LogP contribution in [0.4, 0.5) is 4.79 Å². The van der Waals surface area contributed by atoms with Crippen LogP contribution >= 0.6 is 0 Å². The highest BCUT2D eigenvalue weighted by Crippen LogP contribution is 2.30. The van der Waals surface area contributed by atoms with Gasteiger partial charge in [-0.15, -0.1) is 0 Å². The van der Waals surface area contributed by atoms with Gasteiger partial charge in [0.2, 0.25) is 0 Å². The number of nitrogens with zero attached hydrogens (tertiary/aromatic N) is 2. The summed E-state index contributed by atoms with van der Waals surface area (Å²) in [5, 5.41) is 9.20. The molecule has 0 aromatic heterocycles. The summed E-state index contributed by atoms with van der Waals surface area (Å²) >= 11 is 0. The van der Waals surface area contributed by atoms with Crippen LogP contribution in [0, 0.1) is 0 Å². The van der Waals surface area contributed by atoms with Gasteiger partial charge in [0, 0.05) is 31.7 Å². The van der Waals surface area contributed by atoms with Crippen LogP contribution in [0.5, 0.6) is 0 Å². The minimum atomic E-state index is -0.748. The molecule has 1 N–H and O–H groups in total. The molecule has 1 aromatic carbocycles. The molecule has 0 saturated carbocycles. The predicted octanol–water partition coefficient (Wildman–Crippen LogP) is 2.01. The Morgan fingerprint density at radius 2 is 1.78 bits per heavy atom. The van der Waals surface area contributed by atoms with Crippen molar-refractivity contribution >= 4 is 6.09 Å². The van der Waals surface area contributed by atoms with Gasteiger partial charge in [0.25, 0.3) is 0 Å². The van der Waals surface area contributed by atoms with E-state index in [4.69, 9.17) is 0 Å². The molecule has 2 aliphatic heterocycles. The second-order valence-electron chi connectivity index (χ2n) is 5.25. The molecule has 3 rings (SSSR count). The number of rotatable bonds is 2. The van der Waals surface area contributed by atoms with Gasteiger partial charge in [0.1, 0.15) is 0 Å². The van der Waals surface area contributed by atoms with E-state index in [1.54, 1.807) is 4.90 Å². The Labute approximate surface area is 107 Å². The highest BCUT2D eigenvalue weighted by atomic mass is 16.4. The van der Waals surface area contributed by atoms with Crippen molar-refractivity contribution in [1.82, 2.24) is 9.80 Å². The maximum atomic E-state index is 11.2. The summed E-state index contributed by atoms with van der Waals surface area (Å²) in [5.74, 6) is 0. The third-order valence-electron chi connectivity index (χ3n) is 4.03. The summed E-state index contributed by atoms with van der Waals surface area (Å²) in [4.78, 5) is 15.2. The minimum Gasteiger partial charge on any atom is -0.465 e. The van der Waals surface area contributed by atoms with Gasteiger partial charge < -0.3 is 5.11 Å². The molecule has 1 amide bonds. The Hall–Kier alpha value is -1.55. The molecule has 2 bridgehead atoms. The van der Waals surface area contributed by atoms with Gasteiger partial charge in [-0.1, -0.05) is 30.3 Å². The highest BCUT2D eigenvalue weighted by molar-refractivity contribution is 5.66.